The van der Waals surface area contributed by atoms with Crippen molar-refractivity contribution in [3.8, 4) is 0 Å². The van der Waals surface area contributed by atoms with E-state index in [0.29, 0.717) is 12.1 Å². The summed E-state index contributed by atoms with van der Waals surface area (Å²) in [5.41, 5.74) is -0.503. The van der Waals surface area contributed by atoms with Crippen molar-refractivity contribution in [1.29, 1.82) is 0 Å². The summed E-state index contributed by atoms with van der Waals surface area (Å²) in [5.74, 6) is -1.30. The van der Waals surface area contributed by atoms with Gasteiger partial charge in [0.05, 0.1) is 22.7 Å². The van der Waals surface area contributed by atoms with E-state index in [1.54, 1.807) is 0 Å². The molecule has 0 aliphatic carbocycles. The van der Waals surface area contributed by atoms with Gasteiger partial charge in [-0.3, -0.25) is 9.89 Å². The van der Waals surface area contributed by atoms with Gasteiger partial charge in [0.15, 0.2) is 0 Å². The van der Waals surface area contributed by atoms with E-state index in [2.05, 4.69) is 10.2 Å². The molecule has 3 heterocycles. The largest absolute Gasteiger partial charge is 0.416 e. The summed E-state index contributed by atoms with van der Waals surface area (Å²) < 4.78 is 80.9. The Balaban J connectivity index is 1.70. The van der Waals surface area contributed by atoms with Crippen LogP contribution < -0.4 is 0 Å². The highest BCUT2D eigenvalue weighted by Gasteiger charge is 2.56. The molecule has 2 aliphatic heterocycles. The Kier molecular flexibility index (Phi) is 3.78. The lowest BCUT2D eigenvalue weighted by Gasteiger charge is -2.32. The molecule has 2 unspecified atom stereocenters. The van der Waals surface area contributed by atoms with Crippen molar-refractivity contribution in [3.05, 3.63) is 82.4 Å². The zero-order valence-corrected chi connectivity index (χ0v) is 15.6. The number of aromatic nitrogens is 2. The smallest absolute Gasteiger partial charge is 0.290 e. The van der Waals surface area contributed by atoms with Gasteiger partial charge in [-0.05, 0) is 35.9 Å². The van der Waals surface area contributed by atoms with Crippen LogP contribution in [-0.4, -0.2) is 28.7 Å². The standard InChI is InChI=1S/C19H11F4N3O3S/c20-13-3-1-2-11-14(13)16-12-8-24-25-15(12)18(27)17(11)26(16)30(28,29)10-6-4-9(5-7-10)19(21,22)23/h1-8,16-17H,(H,24,25). The molecule has 3 aromatic rings. The van der Waals surface area contributed by atoms with Gasteiger partial charge < -0.3 is 0 Å². The minimum atomic E-state index is -4.63. The monoisotopic (exact) mass is 437 g/mol. The van der Waals surface area contributed by atoms with Crippen LogP contribution >= 0.6 is 0 Å². The number of hydrogen-bond donors (Lipinski definition) is 1. The number of ketones is 1. The van der Waals surface area contributed by atoms with Crippen molar-refractivity contribution >= 4 is 15.8 Å². The Labute approximate surface area is 167 Å². The summed E-state index contributed by atoms with van der Waals surface area (Å²) in [6.45, 7) is 0. The molecular formula is C19H11F4N3O3S. The highest BCUT2D eigenvalue weighted by Crippen LogP contribution is 2.54. The molecule has 0 saturated carbocycles. The second kappa shape index (κ2) is 5.99. The Bertz CT molecular complexity index is 1300. The van der Waals surface area contributed by atoms with Crippen LogP contribution in [0.3, 0.4) is 0 Å². The highest BCUT2D eigenvalue weighted by molar-refractivity contribution is 7.89. The molecule has 5 rings (SSSR count). The molecule has 2 aliphatic rings. The summed E-state index contributed by atoms with van der Waals surface area (Å²) in [6, 6.07) is 4.45. The summed E-state index contributed by atoms with van der Waals surface area (Å²) in [5, 5.41) is 6.32. The number of carbonyl (C=O) groups is 1. The lowest BCUT2D eigenvalue weighted by molar-refractivity contribution is -0.137. The van der Waals surface area contributed by atoms with E-state index < -0.39 is 50.3 Å². The molecule has 2 aromatic carbocycles. The van der Waals surface area contributed by atoms with Crippen LogP contribution in [0.15, 0.2) is 53.6 Å². The second-order valence-electron chi connectivity index (χ2n) is 6.97. The first-order valence-corrected chi connectivity index (χ1v) is 10.1. The number of halogens is 4. The third kappa shape index (κ3) is 2.42. The van der Waals surface area contributed by atoms with Crippen molar-refractivity contribution in [2.75, 3.05) is 0 Å². The summed E-state index contributed by atoms with van der Waals surface area (Å²) in [7, 11) is -4.46. The van der Waals surface area contributed by atoms with Crippen LogP contribution in [0.25, 0.3) is 0 Å². The molecular weight excluding hydrogens is 426 g/mol. The molecule has 2 bridgehead atoms. The van der Waals surface area contributed by atoms with Crippen molar-refractivity contribution in [2.24, 2.45) is 0 Å². The van der Waals surface area contributed by atoms with Crippen molar-refractivity contribution in [1.82, 2.24) is 14.5 Å². The van der Waals surface area contributed by atoms with Crippen molar-refractivity contribution in [3.63, 3.8) is 0 Å². The lowest BCUT2D eigenvalue weighted by atomic mass is 9.99. The summed E-state index contributed by atoms with van der Waals surface area (Å²) in [4.78, 5) is 12.6. The van der Waals surface area contributed by atoms with E-state index in [4.69, 9.17) is 0 Å². The predicted octanol–water partition coefficient (Wildman–Crippen LogP) is 3.60. The number of hydrogen-bond acceptors (Lipinski definition) is 4. The van der Waals surface area contributed by atoms with Gasteiger partial charge in [0, 0.05) is 11.1 Å². The number of nitrogens with zero attached hydrogens (tertiary/aromatic N) is 2. The lowest BCUT2D eigenvalue weighted by Crippen LogP contribution is -2.41. The SMILES string of the molecule is O=C1c2[nH]ncc2C2c3c(F)cccc3C1N2S(=O)(=O)c1ccc(C(F)(F)F)cc1. The normalized spacial score (nSPS) is 20.9. The van der Waals surface area contributed by atoms with Gasteiger partial charge >= 0.3 is 6.18 Å². The second-order valence-corrected chi connectivity index (χ2v) is 8.81. The first-order chi connectivity index (χ1) is 14.1. The zero-order chi connectivity index (χ0) is 21.4. The number of nitrogens with one attached hydrogen (secondary N) is 1. The highest BCUT2D eigenvalue weighted by atomic mass is 32.2. The van der Waals surface area contributed by atoms with Crippen LogP contribution in [0.4, 0.5) is 17.6 Å². The molecule has 0 radical (unpaired) electrons. The first kappa shape index (κ1) is 18.9. The fourth-order valence-electron chi connectivity index (χ4n) is 4.10. The Morgan fingerprint density at radius 1 is 1.00 bits per heavy atom. The molecule has 11 heteroatoms. The minimum absolute atomic E-state index is 0.0338. The van der Waals surface area contributed by atoms with Gasteiger partial charge in [0.2, 0.25) is 15.8 Å². The van der Waals surface area contributed by atoms with Crippen LogP contribution in [0, 0.1) is 5.82 Å². The Hall–Kier alpha value is -3.05. The Morgan fingerprint density at radius 2 is 1.70 bits per heavy atom. The van der Waals surface area contributed by atoms with Crippen LogP contribution in [-0.2, 0) is 16.2 Å². The molecule has 1 N–H and O–H groups in total. The van der Waals surface area contributed by atoms with Crippen LogP contribution in [0.2, 0.25) is 0 Å². The fourth-order valence-corrected chi connectivity index (χ4v) is 5.80. The third-order valence-corrected chi connectivity index (χ3v) is 7.22. The third-order valence-electron chi connectivity index (χ3n) is 5.38. The first-order valence-electron chi connectivity index (χ1n) is 8.69. The van der Waals surface area contributed by atoms with Crippen LogP contribution in [0.1, 0.15) is 44.8 Å². The molecule has 6 nitrogen and oxygen atoms in total. The van der Waals surface area contributed by atoms with Crippen molar-refractivity contribution < 1.29 is 30.8 Å². The van der Waals surface area contributed by atoms with E-state index >= 15 is 0 Å². The maximum Gasteiger partial charge on any atom is 0.416 e. The number of H-pyrrole nitrogens is 1. The quantitative estimate of drug-likeness (QED) is 0.621. The Morgan fingerprint density at radius 3 is 2.37 bits per heavy atom. The van der Waals surface area contributed by atoms with Gasteiger partial charge in [-0.2, -0.15) is 22.6 Å². The van der Waals surface area contributed by atoms with Gasteiger partial charge in [-0.1, -0.05) is 12.1 Å². The molecule has 0 spiro atoms. The average Bonchev–Trinajstić information content (AvgIpc) is 3.28. The topological polar surface area (TPSA) is 83.1 Å². The number of aromatic amines is 1. The van der Waals surface area contributed by atoms with Gasteiger partial charge in [-0.25, -0.2) is 12.8 Å². The molecule has 154 valence electrons. The molecule has 0 saturated heterocycles. The average molecular weight is 437 g/mol. The number of rotatable bonds is 2. The van der Waals surface area contributed by atoms with Crippen molar-refractivity contribution in [2.45, 2.75) is 23.2 Å². The van der Waals surface area contributed by atoms with Crippen LogP contribution in [0.5, 0.6) is 0 Å². The number of sulfonamides is 1. The van der Waals surface area contributed by atoms with E-state index in [0.717, 1.165) is 22.5 Å². The molecule has 0 fully saturated rings. The number of carbonyl (C=O) groups excluding carboxylic acids is 1. The number of benzene rings is 2. The van der Waals surface area contributed by atoms with E-state index in [1.807, 2.05) is 0 Å². The van der Waals surface area contributed by atoms with Gasteiger partial charge in [0.1, 0.15) is 17.6 Å². The number of Topliss-reactive ketones (excluding diaryl/α,β-unsaturated/α-hetero) is 1. The molecule has 2 atom stereocenters. The molecule has 1 aromatic heterocycles. The van der Waals surface area contributed by atoms with Gasteiger partial charge in [0.25, 0.3) is 0 Å². The molecule has 30 heavy (non-hydrogen) atoms. The summed E-state index contributed by atoms with van der Waals surface area (Å²) >= 11 is 0. The number of alkyl halides is 3. The van der Waals surface area contributed by atoms with Gasteiger partial charge in [-0.15, -0.1) is 0 Å². The van der Waals surface area contributed by atoms with E-state index in [9.17, 15) is 30.8 Å². The van der Waals surface area contributed by atoms with E-state index in [1.165, 1.54) is 18.3 Å². The zero-order valence-electron chi connectivity index (χ0n) is 14.8. The fraction of sp³-hybridized carbons (Fsp3) is 0.158. The maximum atomic E-state index is 14.7. The molecule has 0 amide bonds. The number of fused-ring (bicyclic) bond motifs is 7. The predicted molar refractivity (Wildman–Crippen MR) is 94.4 cm³/mol. The minimum Gasteiger partial charge on any atom is -0.290 e. The summed E-state index contributed by atoms with van der Waals surface area (Å²) in [6.07, 6.45) is -3.38. The van der Waals surface area contributed by atoms with E-state index in [-0.39, 0.29) is 22.4 Å². The maximum absolute atomic E-state index is 14.7.